The first-order chi connectivity index (χ1) is 12.7. The van der Waals surface area contributed by atoms with Crippen molar-refractivity contribution in [2.75, 3.05) is 11.4 Å². The third-order valence-electron chi connectivity index (χ3n) is 5.12. The van der Waals surface area contributed by atoms with E-state index in [0.717, 1.165) is 36.3 Å². The molecule has 0 bridgehead atoms. The van der Waals surface area contributed by atoms with Gasteiger partial charge in [0.25, 0.3) is 11.6 Å². The van der Waals surface area contributed by atoms with Crippen LogP contribution in [0.15, 0.2) is 6.07 Å². The third-order valence-corrected chi connectivity index (χ3v) is 5.12. The van der Waals surface area contributed by atoms with Crippen LogP contribution in [-0.2, 0) is 13.2 Å². The summed E-state index contributed by atoms with van der Waals surface area (Å²) >= 11 is 0. The summed E-state index contributed by atoms with van der Waals surface area (Å²) in [5.74, 6) is -0.639. The average molecular weight is 379 g/mol. The minimum atomic E-state index is -4.61. The van der Waals surface area contributed by atoms with E-state index in [1.54, 1.807) is 13.0 Å². The fourth-order valence-electron chi connectivity index (χ4n) is 3.91. The van der Waals surface area contributed by atoms with Gasteiger partial charge in [0.15, 0.2) is 0 Å². The molecular weight excluding hydrogens is 359 g/mol. The first-order valence-corrected chi connectivity index (χ1v) is 8.75. The van der Waals surface area contributed by atoms with Gasteiger partial charge in [0, 0.05) is 36.6 Å². The quantitative estimate of drug-likeness (QED) is 0.685. The van der Waals surface area contributed by atoms with Crippen molar-refractivity contribution < 1.29 is 13.2 Å². The van der Waals surface area contributed by atoms with Crippen LogP contribution < -0.4 is 4.90 Å². The van der Waals surface area contributed by atoms with Gasteiger partial charge in [-0.15, -0.1) is 5.10 Å². The van der Waals surface area contributed by atoms with Gasteiger partial charge in [-0.2, -0.15) is 27.8 Å². The Hall–Kier alpha value is -2.65. The molecule has 27 heavy (non-hydrogen) atoms. The van der Waals surface area contributed by atoms with Crippen LogP contribution >= 0.6 is 0 Å². The highest BCUT2D eigenvalue weighted by Gasteiger charge is 2.38. The van der Waals surface area contributed by atoms with E-state index in [1.165, 1.54) is 4.52 Å². The smallest absolute Gasteiger partial charge is 0.349 e. The van der Waals surface area contributed by atoms with Crippen molar-refractivity contribution in [2.24, 2.45) is 7.05 Å². The van der Waals surface area contributed by atoms with Crippen LogP contribution in [0.4, 0.5) is 19.0 Å². The molecule has 1 atom stereocenters. The molecule has 4 heterocycles. The molecule has 1 aliphatic rings. The van der Waals surface area contributed by atoms with Gasteiger partial charge < -0.3 is 4.90 Å². The second-order valence-electron chi connectivity index (χ2n) is 6.96. The zero-order chi connectivity index (χ0) is 19.5. The number of hydrogen-bond acceptors (Lipinski definition) is 5. The number of anilines is 1. The number of alkyl halides is 3. The van der Waals surface area contributed by atoms with Gasteiger partial charge in [-0.3, -0.25) is 4.68 Å². The highest BCUT2D eigenvalue weighted by atomic mass is 19.4. The zero-order valence-electron chi connectivity index (χ0n) is 15.5. The molecule has 0 amide bonds. The standard InChI is InChI=1S/C17H20F3N7/c1-9-8-13(27-16(21-9)22-15(24-27)17(18,19)20)26-7-5-6-12(26)14-10(2)23-25(4)11(14)3/h8,12H,5-7H2,1-4H3. The predicted molar refractivity (Wildman–Crippen MR) is 92.5 cm³/mol. The van der Waals surface area contributed by atoms with Crippen LogP contribution in [-0.4, -0.2) is 35.9 Å². The number of aryl methyl sites for hydroxylation is 3. The Labute approximate surface area is 153 Å². The fourth-order valence-corrected chi connectivity index (χ4v) is 3.91. The van der Waals surface area contributed by atoms with Gasteiger partial charge in [0.1, 0.15) is 5.82 Å². The Morgan fingerprint density at radius 3 is 2.48 bits per heavy atom. The number of rotatable bonds is 2. The summed E-state index contributed by atoms with van der Waals surface area (Å²) in [5.41, 5.74) is 3.71. The summed E-state index contributed by atoms with van der Waals surface area (Å²) in [4.78, 5) is 9.80. The van der Waals surface area contributed by atoms with E-state index in [0.29, 0.717) is 11.5 Å². The van der Waals surface area contributed by atoms with Gasteiger partial charge in [0.2, 0.25) is 0 Å². The molecule has 3 aromatic heterocycles. The first kappa shape index (κ1) is 17.7. The summed E-state index contributed by atoms with van der Waals surface area (Å²) in [5, 5.41) is 8.20. The van der Waals surface area contributed by atoms with Crippen molar-refractivity contribution >= 4 is 11.6 Å². The molecule has 0 saturated carbocycles. The summed E-state index contributed by atoms with van der Waals surface area (Å²) in [7, 11) is 1.90. The number of hydrogen-bond donors (Lipinski definition) is 0. The monoisotopic (exact) mass is 379 g/mol. The van der Waals surface area contributed by atoms with Crippen LogP contribution in [0.2, 0.25) is 0 Å². The SMILES string of the molecule is Cc1cc(N2CCCC2c2c(C)nn(C)c2C)n2nc(C(F)(F)F)nc2n1. The molecule has 1 fully saturated rings. The second kappa shape index (κ2) is 5.93. The Morgan fingerprint density at radius 1 is 1.11 bits per heavy atom. The molecule has 1 saturated heterocycles. The largest absolute Gasteiger partial charge is 0.453 e. The van der Waals surface area contributed by atoms with Gasteiger partial charge in [-0.25, -0.2) is 4.98 Å². The lowest BCUT2D eigenvalue weighted by molar-refractivity contribution is -0.144. The Kier molecular flexibility index (Phi) is 3.90. The molecule has 0 aliphatic carbocycles. The maximum Gasteiger partial charge on any atom is 0.453 e. The molecule has 10 heteroatoms. The minimum Gasteiger partial charge on any atom is -0.349 e. The van der Waals surface area contributed by atoms with E-state index in [1.807, 2.05) is 25.6 Å². The lowest BCUT2D eigenvalue weighted by Crippen LogP contribution is -2.26. The van der Waals surface area contributed by atoms with Crippen molar-refractivity contribution in [3.05, 3.63) is 34.5 Å². The maximum absolute atomic E-state index is 13.1. The number of aromatic nitrogens is 6. The molecule has 4 rings (SSSR count). The van der Waals surface area contributed by atoms with E-state index >= 15 is 0 Å². The summed E-state index contributed by atoms with van der Waals surface area (Å²) < 4.78 is 42.3. The van der Waals surface area contributed by atoms with Crippen LogP contribution in [0.3, 0.4) is 0 Å². The molecule has 0 N–H and O–H groups in total. The summed E-state index contributed by atoms with van der Waals surface area (Å²) in [6, 6.07) is 1.79. The van der Waals surface area contributed by atoms with Crippen molar-refractivity contribution in [2.45, 2.75) is 45.8 Å². The van der Waals surface area contributed by atoms with E-state index in [-0.39, 0.29) is 11.8 Å². The molecule has 0 aromatic carbocycles. The predicted octanol–water partition coefficient (Wildman–Crippen LogP) is 3.14. The Bertz CT molecular complexity index is 1020. The minimum absolute atomic E-state index is 0.0298. The van der Waals surface area contributed by atoms with Gasteiger partial charge in [0.05, 0.1) is 11.7 Å². The lowest BCUT2D eigenvalue weighted by Gasteiger charge is -2.27. The molecular formula is C17H20F3N7. The Morgan fingerprint density at radius 2 is 1.85 bits per heavy atom. The molecule has 1 unspecified atom stereocenters. The van der Waals surface area contributed by atoms with Gasteiger partial charge in [-0.1, -0.05) is 0 Å². The highest BCUT2D eigenvalue weighted by molar-refractivity contribution is 5.51. The molecule has 144 valence electrons. The highest BCUT2D eigenvalue weighted by Crippen LogP contribution is 2.39. The molecule has 0 radical (unpaired) electrons. The third kappa shape index (κ3) is 2.83. The fraction of sp³-hybridized carbons (Fsp3) is 0.529. The Balaban J connectivity index is 1.86. The number of fused-ring (bicyclic) bond motifs is 1. The van der Waals surface area contributed by atoms with E-state index < -0.39 is 12.0 Å². The lowest BCUT2D eigenvalue weighted by atomic mass is 10.0. The molecule has 1 aliphatic heterocycles. The topological polar surface area (TPSA) is 64.1 Å². The van der Waals surface area contributed by atoms with Gasteiger partial charge in [-0.05, 0) is 33.6 Å². The van der Waals surface area contributed by atoms with Crippen molar-refractivity contribution in [1.82, 2.24) is 29.4 Å². The van der Waals surface area contributed by atoms with E-state index in [4.69, 9.17) is 0 Å². The van der Waals surface area contributed by atoms with Crippen LogP contribution in [0.1, 0.15) is 47.4 Å². The maximum atomic E-state index is 13.1. The molecule has 3 aromatic rings. The van der Waals surface area contributed by atoms with E-state index in [2.05, 4.69) is 25.1 Å². The number of halogens is 3. The number of nitrogens with zero attached hydrogens (tertiary/aromatic N) is 7. The normalized spacial score (nSPS) is 18.0. The van der Waals surface area contributed by atoms with Crippen LogP contribution in [0, 0.1) is 20.8 Å². The van der Waals surface area contributed by atoms with E-state index in [9.17, 15) is 13.2 Å². The van der Waals surface area contributed by atoms with Crippen molar-refractivity contribution in [3.8, 4) is 0 Å². The average Bonchev–Trinajstić information content (AvgIpc) is 3.25. The van der Waals surface area contributed by atoms with Crippen molar-refractivity contribution in [3.63, 3.8) is 0 Å². The molecule has 0 spiro atoms. The second-order valence-corrected chi connectivity index (χ2v) is 6.96. The van der Waals surface area contributed by atoms with Crippen LogP contribution in [0.5, 0.6) is 0 Å². The molecule has 7 nitrogen and oxygen atoms in total. The van der Waals surface area contributed by atoms with Gasteiger partial charge >= 0.3 is 6.18 Å². The van der Waals surface area contributed by atoms with Crippen LogP contribution in [0.25, 0.3) is 5.78 Å². The first-order valence-electron chi connectivity index (χ1n) is 8.75. The summed E-state index contributed by atoms with van der Waals surface area (Å²) in [6.07, 6.45) is -2.78. The summed E-state index contributed by atoms with van der Waals surface area (Å²) in [6.45, 7) is 6.44. The zero-order valence-corrected chi connectivity index (χ0v) is 15.5. The van der Waals surface area contributed by atoms with Crippen molar-refractivity contribution in [1.29, 1.82) is 0 Å².